The third kappa shape index (κ3) is 9.20. The van der Waals surface area contributed by atoms with Crippen LogP contribution in [0.1, 0.15) is 191 Å². The first-order valence-corrected chi connectivity index (χ1v) is 27.7. The lowest BCUT2D eigenvalue weighted by Gasteiger charge is -2.23. The summed E-state index contributed by atoms with van der Waals surface area (Å²) in [6.45, 7) is 41.8. The molecule has 362 valence electrons. The zero-order valence-electron chi connectivity index (χ0n) is 45.1. The molecule has 0 aliphatic heterocycles. The molecule has 3 aliphatic rings. The number of hydrogen-bond acceptors (Lipinski definition) is 4. The van der Waals surface area contributed by atoms with E-state index in [-0.39, 0.29) is 32.5 Å². The quantitative estimate of drug-likeness (QED) is 0.169. The lowest BCUT2D eigenvalue weighted by molar-refractivity contribution is 0.590. The molecule has 0 nitrogen and oxygen atoms in total. The van der Waals surface area contributed by atoms with Crippen LogP contribution in [0, 0.1) is 0 Å². The van der Waals surface area contributed by atoms with Gasteiger partial charge in [-0.15, -0.1) is 25.3 Å². The summed E-state index contributed by atoms with van der Waals surface area (Å²) in [5.74, 6) is 0. The zero-order valence-corrected chi connectivity index (χ0v) is 48.5. The zero-order chi connectivity index (χ0) is 51.0. The molecule has 0 heterocycles. The maximum atomic E-state index is 5.76. The van der Waals surface area contributed by atoms with Gasteiger partial charge in [0.25, 0.3) is 0 Å². The summed E-state index contributed by atoms with van der Waals surface area (Å²) >= 11 is 15.1. The highest BCUT2D eigenvalue weighted by Gasteiger charge is 2.36. The molecule has 0 bridgehead atoms. The van der Waals surface area contributed by atoms with E-state index in [1.165, 1.54) is 121 Å². The van der Waals surface area contributed by atoms with Gasteiger partial charge >= 0.3 is 0 Å². The molecule has 0 atom stereocenters. The van der Waals surface area contributed by atoms with Crippen molar-refractivity contribution in [1.29, 1.82) is 0 Å². The normalized spacial score (nSPS) is 14.3. The molecule has 4 heteroatoms. The fourth-order valence-electron chi connectivity index (χ4n) is 10.2. The minimum atomic E-state index is -0.0428. The monoisotopic (exact) mass is 994 g/mol. The standard InChI is InChI=1S/C66H74S4/c1-61(2,3)37-19-25-43-44-26-20-38(62(4,5)6)32-50(44)55(49(43)31-37)58(67)69-60(57-53-35-41(65(13,14)15)23-29-47(53)48-30-24-42(36-54(48)57)66(16,17)18)70-59(68)56-51-33-39(63(7,8)9)21-27-45(51)46-28-22-40(34-52(46)56)64(10,11)12/h19-36,67-68H,1-18H3. The van der Waals surface area contributed by atoms with Crippen molar-refractivity contribution in [3.05, 3.63) is 189 Å². The molecule has 70 heavy (non-hydrogen) atoms. The molecule has 0 N–H and O–H groups in total. The molecule has 3 aliphatic carbocycles. The third-order valence-corrected chi connectivity index (χ3v) is 17.9. The highest BCUT2D eigenvalue weighted by atomic mass is 32.2. The van der Waals surface area contributed by atoms with Crippen LogP contribution in [-0.2, 0) is 32.5 Å². The van der Waals surface area contributed by atoms with Gasteiger partial charge in [0, 0.05) is 16.7 Å². The Balaban J connectivity index is 1.38. The molecule has 0 amide bonds. The van der Waals surface area contributed by atoms with E-state index in [4.69, 9.17) is 25.3 Å². The number of fused-ring (bicyclic) bond motifs is 9. The van der Waals surface area contributed by atoms with Crippen LogP contribution < -0.4 is 0 Å². The second kappa shape index (κ2) is 17.3. The minimum Gasteiger partial charge on any atom is -0.136 e. The number of thioether (sulfide) groups is 2. The number of hydrogen-bond donors (Lipinski definition) is 2. The second-order valence-corrected chi connectivity index (χ2v) is 30.1. The van der Waals surface area contributed by atoms with Crippen LogP contribution in [0.25, 0.3) is 50.1 Å². The van der Waals surface area contributed by atoms with Gasteiger partial charge in [0.1, 0.15) is 0 Å². The maximum absolute atomic E-state index is 5.76. The summed E-state index contributed by atoms with van der Waals surface area (Å²) in [5.41, 5.74) is 26.6. The fraction of sp³-hybridized carbons (Fsp3) is 0.364. The van der Waals surface area contributed by atoms with Crippen LogP contribution in [0.4, 0.5) is 0 Å². The van der Waals surface area contributed by atoms with Gasteiger partial charge in [0.15, 0.2) is 0 Å². The van der Waals surface area contributed by atoms with Crippen LogP contribution in [0.2, 0.25) is 0 Å². The van der Waals surface area contributed by atoms with Crippen LogP contribution in [0.15, 0.2) is 122 Å². The first-order valence-electron chi connectivity index (χ1n) is 25.2. The molecule has 6 aromatic carbocycles. The highest BCUT2D eigenvalue weighted by Crippen LogP contribution is 2.60. The molecule has 0 unspecified atom stereocenters. The molecule has 0 aromatic heterocycles. The summed E-state index contributed by atoms with van der Waals surface area (Å²) in [6.07, 6.45) is 0. The molecule has 9 rings (SSSR count). The molecule has 0 saturated heterocycles. The van der Waals surface area contributed by atoms with Gasteiger partial charge in [-0.2, -0.15) is 0 Å². The molecular weight excluding hydrogens is 921 g/mol. The van der Waals surface area contributed by atoms with Crippen LogP contribution in [-0.4, -0.2) is 0 Å². The average Bonchev–Trinajstić information content (AvgIpc) is 3.88. The van der Waals surface area contributed by atoms with Crippen LogP contribution in [0.3, 0.4) is 0 Å². The van der Waals surface area contributed by atoms with Crippen molar-refractivity contribution in [2.75, 3.05) is 0 Å². The van der Waals surface area contributed by atoms with Gasteiger partial charge in [-0.25, -0.2) is 0 Å². The summed E-state index contributed by atoms with van der Waals surface area (Å²) in [6, 6.07) is 42.9. The summed E-state index contributed by atoms with van der Waals surface area (Å²) < 4.78 is 3.16. The number of rotatable bonds is 4. The van der Waals surface area contributed by atoms with E-state index >= 15 is 0 Å². The highest BCUT2D eigenvalue weighted by molar-refractivity contribution is 8.33. The first-order chi connectivity index (χ1) is 32.3. The van der Waals surface area contributed by atoms with E-state index in [0.29, 0.717) is 0 Å². The lowest BCUT2D eigenvalue weighted by Crippen LogP contribution is -2.11. The van der Waals surface area contributed by atoms with Crippen molar-refractivity contribution in [2.24, 2.45) is 0 Å². The van der Waals surface area contributed by atoms with E-state index in [0.717, 1.165) is 8.47 Å². The van der Waals surface area contributed by atoms with Gasteiger partial charge in [-0.1, -0.05) is 221 Å². The SMILES string of the molecule is CC(C)(C)c1ccc2c(c1)C(=C(S)SC(SC(S)=C1c3cc(C(C)(C)C)ccc3-c3ccc(C(C)(C)C)cc31)=C1c3cc(C(C)(C)C)ccc3-c3ccc(C(C)(C)C)cc31)c1cc(C(C)(C)C)ccc1-2. The Morgan fingerprint density at radius 3 is 0.600 bits per heavy atom. The number of thiol groups is 2. The van der Waals surface area contributed by atoms with Crippen molar-refractivity contribution in [3.8, 4) is 33.4 Å². The predicted molar refractivity (Wildman–Crippen MR) is 319 cm³/mol. The van der Waals surface area contributed by atoms with Gasteiger partial charge in [-0.3, -0.25) is 0 Å². The lowest BCUT2D eigenvalue weighted by atomic mass is 9.85. The van der Waals surface area contributed by atoms with Gasteiger partial charge in [0.2, 0.25) is 0 Å². The Morgan fingerprint density at radius 1 is 0.257 bits per heavy atom. The first kappa shape index (κ1) is 50.9. The average molecular weight is 996 g/mol. The fourth-order valence-corrected chi connectivity index (χ4v) is 13.9. The van der Waals surface area contributed by atoms with E-state index in [1.54, 1.807) is 0 Å². The van der Waals surface area contributed by atoms with Gasteiger partial charge in [0.05, 0.1) is 12.7 Å². The molecule has 0 fully saturated rings. The Bertz CT molecular complexity index is 2900. The van der Waals surface area contributed by atoms with Crippen molar-refractivity contribution < 1.29 is 0 Å². The Labute approximate surface area is 441 Å². The largest absolute Gasteiger partial charge is 0.136 e. The van der Waals surface area contributed by atoms with Crippen molar-refractivity contribution in [2.45, 2.75) is 157 Å². The Kier molecular flexibility index (Phi) is 12.6. The third-order valence-electron chi connectivity index (χ3n) is 14.8. The van der Waals surface area contributed by atoms with Crippen molar-refractivity contribution in [1.82, 2.24) is 0 Å². The smallest absolute Gasteiger partial charge is 0.0594 e. The van der Waals surface area contributed by atoms with Crippen LogP contribution >= 0.6 is 48.8 Å². The van der Waals surface area contributed by atoms with Gasteiger partial charge < -0.3 is 0 Å². The van der Waals surface area contributed by atoms with Crippen molar-refractivity contribution >= 4 is 65.5 Å². The van der Waals surface area contributed by atoms with E-state index in [1.807, 2.05) is 23.5 Å². The molecule has 6 aromatic rings. The summed E-state index contributed by atoms with van der Waals surface area (Å²) in [5, 5.41) is 0. The Morgan fingerprint density at radius 2 is 0.429 bits per heavy atom. The number of benzene rings is 6. The van der Waals surface area contributed by atoms with Crippen molar-refractivity contribution in [3.63, 3.8) is 0 Å². The van der Waals surface area contributed by atoms with Crippen LogP contribution in [0.5, 0.6) is 0 Å². The predicted octanol–water partition coefficient (Wildman–Crippen LogP) is 20.3. The van der Waals surface area contributed by atoms with E-state index in [9.17, 15) is 0 Å². The summed E-state index contributed by atoms with van der Waals surface area (Å²) in [4.78, 5) is 0. The van der Waals surface area contributed by atoms with E-state index in [2.05, 4.69) is 234 Å². The molecule has 0 saturated carbocycles. The minimum absolute atomic E-state index is 0.0220. The maximum Gasteiger partial charge on any atom is 0.0594 e. The summed E-state index contributed by atoms with van der Waals surface area (Å²) in [7, 11) is 0. The molecular formula is C66H74S4. The molecule has 0 spiro atoms. The Hall–Kier alpha value is -4.06. The van der Waals surface area contributed by atoms with Gasteiger partial charge in [-0.05, 0) is 169 Å². The topological polar surface area (TPSA) is 0 Å². The van der Waals surface area contributed by atoms with E-state index < -0.39 is 0 Å². The molecule has 0 radical (unpaired) electrons. The second-order valence-electron chi connectivity index (χ2n) is 26.3.